The highest BCUT2D eigenvalue weighted by atomic mass is 35.5. The van der Waals surface area contributed by atoms with E-state index in [2.05, 4.69) is 20.8 Å². The summed E-state index contributed by atoms with van der Waals surface area (Å²) in [6, 6.07) is 0. The van der Waals surface area contributed by atoms with Crippen LogP contribution in [0.4, 0.5) is 0 Å². The summed E-state index contributed by atoms with van der Waals surface area (Å²) in [7, 11) is 0. The molecule has 1 heterocycles. The van der Waals surface area contributed by atoms with Crippen LogP contribution in [-0.4, -0.2) is 18.6 Å². The predicted molar refractivity (Wildman–Crippen MR) is 71.1 cm³/mol. The van der Waals surface area contributed by atoms with Crippen molar-refractivity contribution in [3.63, 3.8) is 0 Å². The number of hydrogen-bond acceptors (Lipinski definition) is 1. The highest BCUT2D eigenvalue weighted by Crippen LogP contribution is 2.43. The molecular formula is C14H27ClO. The first kappa shape index (κ1) is 14.3. The molecule has 1 saturated heterocycles. The van der Waals surface area contributed by atoms with Crippen molar-refractivity contribution < 1.29 is 4.74 Å². The van der Waals surface area contributed by atoms with Gasteiger partial charge in [-0.3, -0.25) is 0 Å². The summed E-state index contributed by atoms with van der Waals surface area (Å²) in [5.41, 5.74) is 0.260. The van der Waals surface area contributed by atoms with Crippen molar-refractivity contribution in [1.29, 1.82) is 0 Å². The van der Waals surface area contributed by atoms with E-state index in [1.807, 2.05) is 0 Å². The fourth-order valence-electron chi connectivity index (χ4n) is 2.84. The quantitative estimate of drug-likeness (QED) is 0.596. The molecule has 0 spiro atoms. The monoisotopic (exact) mass is 246 g/mol. The van der Waals surface area contributed by atoms with E-state index in [4.69, 9.17) is 16.3 Å². The van der Waals surface area contributed by atoms with Gasteiger partial charge in [-0.1, -0.05) is 39.5 Å². The van der Waals surface area contributed by atoms with Crippen molar-refractivity contribution in [2.75, 3.05) is 12.5 Å². The maximum Gasteiger partial charge on any atom is 0.0615 e. The average molecular weight is 247 g/mol. The standard InChI is InChI=1S/C14H27ClO/c1-4-6-7-13(5-2)10-14(11-15)8-9-16-12(14)3/h12-13H,4-11H2,1-3H3. The molecule has 0 saturated carbocycles. The molecule has 0 bridgehead atoms. The Morgan fingerprint density at radius 2 is 2.19 bits per heavy atom. The second-order valence-electron chi connectivity index (χ2n) is 5.38. The molecule has 1 nitrogen and oxygen atoms in total. The smallest absolute Gasteiger partial charge is 0.0615 e. The van der Waals surface area contributed by atoms with Crippen LogP contribution in [0.2, 0.25) is 0 Å². The first-order chi connectivity index (χ1) is 7.68. The largest absolute Gasteiger partial charge is 0.378 e. The second kappa shape index (κ2) is 6.86. The summed E-state index contributed by atoms with van der Waals surface area (Å²) in [5, 5.41) is 0. The van der Waals surface area contributed by atoms with Gasteiger partial charge in [0.25, 0.3) is 0 Å². The topological polar surface area (TPSA) is 9.23 Å². The molecule has 0 aromatic rings. The maximum absolute atomic E-state index is 6.21. The van der Waals surface area contributed by atoms with Crippen LogP contribution in [0, 0.1) is 11.3 Å². The molecule has 3 unspecified atom stereocenters. The third-order valence-electron chi connectivity index (χ3n) is 4.33. The van der Waals surface area contributed by atoms with Gasteiger partial charge in [-0.2, -0.15) is 0 Å². The zero-order valence-electron chi connectivity index (χ0n) is 11.1. The molecule has 2 heteroatoms. The molecule has 0 N–H and O–H groups in total. The lowest BCUT2D eigenvalue weighted by molar-refractivity contribution is 0.0595. The number of unbranched alkanes of at least 4 members (excludes halogenated alkanes) is 1. The minimum absolute atomic E-state index is 0.260. The minimum Gasteiger partial charge on any atom is -0.378 e. The lowest BCUT2D eigenvalue weighted by atomic mass is 9.74. The van der Waals surface area contributed by atoms with E-state index in [1.54, 1.807) is 0 Å². The van der Waals surface area contributed by atoms with Gasteiger partial charge in [-0.25, -0.2) is 0 Å². The zero-order valence-corrected chi connectivity index (χ0v) is 11.9. The van der Waals surface area contributed by atoms with Gasteiger partial charge in [0.15, 0.2) is 0 Å². The second-order valence-corrected chi connectivity index (χ2v) is 5.65. The maximum atomic E-state index is 6.21. The van der Waals surface area contributed by atoms with Crippen molar-refractivity contribution in [3.05, 3.63) is 0 Å². The molecular weight excluding hydrogens is 220 g/mol. The van der Waals surface area contributed by atoms with Gasteiger partial charge in [-0.05, 0) is 25.7 Å². The molecule has 3 atom stereocenters. The fraction of sp³-hybridized carbons (Fsp3) is 1.00. The number of alkyl halides is 1. The van der Waals surface area contributed by atoms with E-state index >= 15 is 0 Å². The molecule has 0 amide bonds. The summed E-state index contributed by atoms with van der Waals surface area (Å²) in [4.78, 5) is 0. The number of rotatable bonds is 7. The Balaban J connectivity index is 2.53. The van der Waals surface area contributed by atoms with E-state index in [0.29, 0.717) is 6.10 Å². The third kappa shape index (κ3) is 3.37. The van der Waals surface area contributed by atoms with Crippen LogP contribution in [0.1, 0.15) is 59.3 Å². The van der Waals surface area contributed by atoms with Gasteiger partial charge in [0.05, 0.1) is 6.10 Å². The lowest BCUT2D eigenvalue weighted by Gasteiger charge is -2.33. The number of ether oxygens (including phenoxy) is 1. The summed E-state index contributed by atoms with van der Waals surface area (Å²) >= 11 is 6.21. The molecule has 1 rings (SSSR count). The average Bonchev–Trinajstić information content (AvgIpc) is 2.66. The molecule has 1 aliphatic rings. The molecule has 16 heavy (non-hydrogen) atoms. The van der Waals surface area contributed by atoms with E-state index in [9.17, 15) is 0 Å². The van der Waals surface area contributed by atoms with Gasteiger partial charge in [0, 0.05) is 17.9 Å². The molecule has 96 valence electrons. The Labute approximate surface area is 106 Å². The Hall–Kier alpha value is 0.250. The Morgan fingerprint density at radius 3 is 2.62 bits per heavy atom. The van der Waals surface area contributed by atoms with E-state index in [0.717, 1.165) is 24.8 Å². The lowest BCUT2D eigenvalue weighted by Crippen LogP contribution is -2.33. The highest BCUT2D eigenvalue weighted by molar-refractivity contribution is 6.18. The van der Waals surface area contributed by atoms with Crippen LogP contribution >= 0.6 is 11.6 Å². The van der Waals surface area contributed by atoms with Crippen molar-refractivity contribution in [2.45, 2.75) is 65.4 Å². The Morgan fingerprint density at radius 1 is 1.44 bits per heavy atom. The zero-order chi connectivity index (χ0) is 12.0. The van der Waals surface area contributed by atoms with Crippen LogP contribution in [0.3, 0.4) is 0 Å². The van der Waals surface area contributed by atoms with Gasteiger partial charge in [-0.15, -0.1) is 11.6 Å². The molecule has 0 aromatic heterocycles. The predicted octanol–water partition coefficient (Wildman–Crippen LogP) is 4.63. The highest BCUT2D eigenvalue weighted by Gasteiger charge is 2.41. The van der Waals surface area contributed by atoms with Crippen molar-refractivity contribution in [2.24, 2.45) is 11.3 Å². The van der Waals surface area contributed by atoms with Crippen LogP contribution in [-0.2, 0) is 4.74 Å². The van der Waals surface area contributed by atoms with Crippen LogP contribution in [0.5, 0.6) is 0 Å². The minimum atomic E-state index is 0.260. The van der Waals surface area contributed by atoms with Crippen molar-refractivity contribution in [3.8, 4) is 0 Å². The first-order valence-electron chi connectivity index (χ1n) is 6.86. The molecule has 0 radical (unpaired) electrons. The van der Waals surface area contributed by atoms with E-state index in [1.165, 1.54) is 32.1 Å². The normalized spacial score (nSPS) is 31.9. The SMILES string of the molecule is CCCCC(CC)CC1(CCl)CCOC1C. The van der Waals surface area contributed by atoms with Crippen molar-refractivity contribution in [1.82, 2.24) is 0 Å². The number of halogens is 1. The van der Waals surface area contributed by atoms with Gasteiger partial charge >= 0.3 is 0 Å². The van der Waals surface area contributed by atoms with Crippen LogP contribution < -0.4 is 0 Å². The summed E-state index contributed by atoms with van der Waals surface area (Å²) in [6.07, 6.45) is 8.06. The molecule has 0 aliphatic carbocycles. The summed E-state index contributed by atoms with van der Waals surface area (Å²) < 4.78 is 5.73. The number of hydrogen-bond donors (Lipinski definition) is 0. The molecule has 0 aromatic carbocycles. The van der Waals surface area contributed by atoms with Gasteiger partial charge in [0.2, 0.25) is 0 Å². The molecule has 1 fully saturated rings. The Bertz CT molecular complexity index is 195. The van der Waals surface area contributed by atoms with E-state index < -0.39 is 0 Å². The van der Waals surface area contributed by atoms with E-state index in [-0.39, 0.29) is 5.41 Å². The van der Waals surface area contributed by atoms with Gasteiger partial charge in [0.1, 0.15) is 0 Å². The van der Waals surface area contributed by atoms with Crippen LogP contribution in [0.25, 0.3) is 0 Å². The van der Waals surface area contributed by atoms with Gasteiger partial charge < -0.3 is 4.74 Å². The summed E-state index contributed by atoms with van der Waals surface area (Å²) in [5.74, 6) is 1.60. The molecule has 1 aliphatic heterocycles. The fourth-order valence-corrected chi connectivity index (χ4v) is 3.30. The Kier molecular flexibility index (Phi) is 6.13. The summed E-state index contributed by atoms with van der Waals surface area (Å²) in [6.45, 7) is 7.67. The van der Waals surface area contributed by atoms with Crippen molar-refractivity contribution >= 4 is 11.6 Å². The van der Waals surface area contributed by atoms with Crippen LogP contribution in [0.15, 0.2) is 0 Å². The third-order valence-corrected chi connectivity index (χ3v) is 4.87. The first-order valence-corrected chi connectivity index (χ1v) is 7.39.